The molecular formula is C23H25FN4OS. The van der Waals surface area contributed by atoms with E-state index in [0.29, 0.717) is 18.3 Å². The third-order valence-corrected chi connectivity index (χ3v) is 5.24. The molecule has 0 unspecified atom stereocenters. The summed E-state index contributed by atoms with van der Waals surface area (Å²) >= 11 is 1.53. The highest BCUT2D eigenvalue weighted by molar-refractivity contribution is 8.14. The summed E-state index contributed by atoms with van der Waals surface area (Å²) in [5.74, 6) is 0.367. The van der Waals surface area contributed by atoms with Crippen molar-refractivity contribution in [2.45, 2.75) is 33.4 Å². The number of benzene rings is 2. The van der Waals surface area contributed by atoms with Gasteiger partial charge in [0.15, 0.2) is 16.8 Å². The summed E-state index contributed by atoms with van der Waals surface area (Å²) in [6, 6.07) is 18.0. The molecule has 0 aliphatic rings. The molecule has 0 aliphatic heterocycles. The van der Waals surface area contributed by atoms with E-state index < -0.39 is 5.82 Å². The van der Waals surface area contributed by atoms with E-state index in [4.69, 9.17) is 4.74 Å². The molecule has 1 heterocycles. The average Bonchev–Trinajstić information content (AvgIpc) is 2.77. The summed E-state index contributed by atoms with van der Waals surface area (Å²) in [5, 5.41) is 3.62. The fourth-order valence-electron chi connectivity index (χ4n) is 2.51. The van der Waals surface area contributed by atoms with Crippen LogP contribution in [0, 0.1) is 12.7 Å². The molecule has 7 heteroatoms. The fourth-order valence-corrected chi connectivity index (χ4v) is 3.23. The maximum atomic E-state index is 14.3. The Morgan fingerprint density at radius 2 is 1.87 bits per heavy atom. The van der Waals surface area contributed by atoms with Gasteiger partial charge in [-0.2, -0.15) is 4.98 Å². The molecule has 0 saturated heterocycles. The molecule has 0 bridgehead atoms. The second kappa shape index (κ2) is 11.3. The van der Waals surface area contributed by atoms with Gasteiger partial charge in [0.2, 0.25) is 0 Å². The highest BCUT2D eigenvalue weighted by atomic mass is 32.2. The van der Waals surface area contributed by atoms with Gasteiger partial charge in [0, 0.05) is 5.75 Å². The van der Waals surface area contributed by atoms with Crippen molar-refractivity contribution in [2.24, 2.45) is 4.99 Å². The molecule has 3 aromatic rings. The van der Waals surface area contributed by atoms with Crippen LogP contribution in [-0.4, -0.2) is 20.9 Å². The van der Waals surface area contributed by atoms with E-state index in [1.54, 1.807) is 0 Å². The number of rotatable bonds is 8. The number of hydrogen-bond acceptors (Lipinski definition) is 5. The smallest absolute Gasteiger partial charge is 0.318 e. The molecule has 2 aromatic carbocycles. The van der Waals surface area contributed by atoms with Gasteiger partial charge in [0.1, 0.15) is 6.61 Å². The van der Waals surface area contributed by atoms with E-state index in [-0.39, 0.29) is 11.8 Å². The molecule has 5 nitrogen and oxygen atoms in total. The predicted molar refractivity (Wildman–Crippen MR) is 121 cm³/mol. The van der Waals surface area contributed by atoms with Gasteiger partial charge in [-0.15, -0.1) is 0 Å². The lowest BCUT2D eigenvalue weighted by Gasteiger charge is -2.11. The van der Waals surface area contributed by atoms with Crippen molar-refractivity contribution < 1.29 is 9.13 Å². The molecule has 0 spiro atoms. The van der Waals surface area contributed by atoms with Crippen molar-refractivity contribution in [3.8, 4) is 6.01 Å². The zero-order valence-corrected chi connectivity index (χ0v) is 18.0. The normalized spacial score (nSPS) is 11.4. The minimum absolute atomic E-state index is 0.0549. The molecule has 0 saturated carbocycles. The lowest BCUT2D eigenvalue weighted by atomic mass is 10.2. The predicted octanol–water partition coefficient (Wildman–Crippen LogP) is 5.61. The molecule has 3 rings (SSSR count). The Balaban J connectivity index is 1.69. The SMILES string of the molecule is CCCSC(=NCc1ccccc1)Nc1nc(OCc2ccc(C)cc2)ncc1F. The van der Waals surface area contributed by atoms with E-state index in [2.05, 4.69) is 27.2 Å². The van der Waals surface area contributed by atoms with Gasteiger partial charge in [-0.1, -0.05) is 78.8 Å². The van der Waals surface area contributed by atoms with Crippen molar-refractivity contribution in [3.05, 3.63) is 83.3 Å². The third-order valence-electron chi connectivity index (χ3n) is 4.13. The summed E-state index contributed by atoms with van der Waals surface area (Å²) in [5.41, 5.74) is 3.25. The first-order valence-corrected chi connectivity index (χ1v) is 10.8. The molecule has 156 valence electrons. The number of aliphatic imine (C=N–C) groups is 1. The number of anilines is 1. The molecule has 0 atom stereocenters. The first-order valence-electron chi connectivity index (χ1n) is 9.83. The lowest BCUT2D eigenvalue weighted by molar-refractivity contribution is 0.280. The van der Waals surface area contributed by atoms with Gasteiger partial charge in [0.05, 0.1) is 12.7 Å². The number of thioether (sulfide) groups is 1. The summed E-state index contributed by atoms with van der Waals surface area (Å²) in [7, 11) is 0. The fraction of sp³-hybridized carbons (Fsp3) is 0.261. The van der Waals surface area contributed by atoms with Crippen LogP contribution < -0.4 is 10.1 Å². The Hall–Kier alpha value is -2.93. The lowest BCUT2D eigenvalue weighted by Crippen LogP contribution is -2.13. The highest BCUT2D eigenvalue weighted by Crippen LogP contribution is 2.18. The van der Waals surface area contributed by atoms with Crippen molar-refractivity contribution in [3.63, 3.8) is 0 Å². The minimum Gasteiger partial charge on any atom is -0.459 e. The molecule has 30 heavy (non-hydrogen) atoms. The molecular weight excluding hydrogens is 399 g/mol. The Kier molecular flexibility index (Phi) is 8.20. The quantitative estimate of drug-likeness (QED) is 0.376. The Bertz CT molecular complexity index is 965. The maximum absolute atomic E-state index is 14.3. The number of nitrogens with zero attached hydrogens (tertiary/aromatic N) is 3. The molecule has 0 aliphatic carbocycles. The van der Waals surface area contributed by atoms with Crippen LogP contribution in [0.5, 0.6) is 6.01 Å². The largest absolute Gasteiger partial charge is 0.459 e. The van der Waals surface area contributed by atoms with Crippen LogP contribution in [0.3, 0.4) is 0 Å². The number of amidine groups is 1. The summed E-state index contributed by atoms with van der Waals surface area (Å²) < 4.78 is 20.0. The number of aryl methyl sites for hydroxylation is 1. The number of aromatic nitrogens is 2. The second-order valence-corrected chi connectivity index (χ2v) is 7.79. The summed E-state index contributed by atoms with van der Waals surface area (Å²) in [6.45, 7) is 4.93. The van der Waals surface area contributed by atoms with Gasteiger partial charge in [-0.05, 0) is 24.5 Å². The van der Waals surface area contributed by atoms with Crippen LogP contribution in [0.25, 0.3) is 0 Å². The number of nitrogens with one attached hydrogen (secondary N) is 1. The van der Waals surface area contributed by atoms with Crippen LogP contribution in [0.1, 0.15) is 30.0 Å². The molecule has 0 amide bonds. The van der Waals surface area contributed by atoms with Gasteiger partial charge in [-0.3, -0.25) is 4.99 Å². The van der Waals surface area contributed by atoms with Crippen molar-refractivity contribution in [2.75, 3.05) is 11.1 Å². The van der Waals surface area contributed by atoms with Crippen LogP contribution >= 0.6 is 11.8 Å². The summed E-state index contributed by atoms with van der Waals surface area (Å²) in [6.07, 6.45) is 2.09. The van der Waals surface area contributed by atoms with E-state index in [0.717, 1.165) is 29.5 Å². The van der Waals surface area contributed by atoms with Gasteiger partial charge < -0.3 is 10.1 Å². The van der Waals surface area contributed by atoms with Gasteiger partial charge in [-0.25, -0.2) is 9.37 Å². The molecule has 0 radical (unpaired) electrons. The van der Waals surface area contributed by atoms with Crippen LogP contribution in [0.4, 0.5) is 10.2 Å². The van der Waals surface area contributed by atoms with Crippen molar-refractivity contribution >= 4 is 22.7 Å². The minimum atomic E-state index is -0.554. The van der Waals surface area contributed by atoms with E-state index in [1.807, 2.05) is 61.5 Å². The molecule has 0 fully saturated rings. The Morgan fingerprint density at radius 1 is 1.10 bits per heavy atom. The van der Waals surface area contributed by atoms with Gasteiger partial charge in [0.25, 0.3) is 0 Å². The highest BCUT2D eigenvalue weighted by Gasteiger charge is 2.11. The first-order chi connectivity index (χ1) is 14.6. The number of halogens is 1. The van der Waals surface area contributed by atoms with Crippen molar-refractivity contribution in [1.29, 1.82) is 0 Å². The van der Waals surface area contributed by atoms with Crippen LogP contribution in [0.2, 0.25) is 0 Å². The van der Waals surface area contributed by atoms with E-state index in [1.165, 1.54) is 17.3 Å². The monoisotopic (exact) mass is 424 g/mol. The summed E-state index contributed by atoms with van der Waals surface area (Å²) in [4.78, 5) is 12.7. The second-order valence-electron chi connectivity index (χ2n) is 6.70. The molecule has 1 N–H and O–H groups in total. The maximum Gasteiger partial charge on any atom is 0.318 e. The zero-order chi connectivity index (χ0) is 21.2. The first kappa shape index (κ1) is 21.8. The average molecular weight is 425 g/mol. The van der Waals surface area contributed by atoms with E-state index >= 15 is 0 Å². The number of ether oxygens (including phenoxy) is 1. The van der Waals surface area contributed by atoms with E-state index in [9.17, 15) is 4.39 Å². The van der Waals surface area contributed by atoms with Gasteiger partial charge >= 0.3 is 6.01 Å². The Labute approximate surface area is 180 Å². The number of hydrogen-bond donors (Lipinski definition) is 1. The topological polar surface area (TPSA) is 59.4 Å². The van der Waals surface area contributed by atoms with Crippen LogP contribution in [0.15, 0.2) is 65.8 Å². The standard InChI is InChI=1S/C23H25FN4OS/c1-3-13-30-23(26-14-18-7-5-4-6-8-18)28-21-20(24)15-25-22(27-21)29-16-19-11-9-17(2)10-12-19/h4-12,15H,3,13-14,16H2,1-2H3,(H,25,26,27,28). The Morgan fingerprint density at radius 3 is 2.60 bits per heavy atom. The third kappa shape index (κ3) is 6.84. The zero-order valence-electron chi connectivity index (χ0n) is 17.1. The van der Waals surface area contributed by atoms with Crippen molar-refractivity contribution in [1.82, 2.24) is 9.97 Å². The van der Waals surface area contributed by atoms with Crippen LogP contribution in [-0.2, 0) is 13.2 Å². The molecule has 1 aromatic heterocycles.